The van der Waals surface area contributed by atoms with E-state index >= 15 is 0 Å². The summed E-state index contributed by atoms with van der Waals surface area (Å²) >= 11 is 0. The van der Waals surface area contributed by atoms with Crippen molar-refractivity contribution in [2.24, 2.45) is 0 Å². The fourth-order valence-corrected chi connectivity index (χ4v) is 1.12. The lowest BCUT2D eigenvalue weighted by molar-refractivity contribution is 0.879. The molecule has 0 saturated heterocycles. The van der Waals surface area contributed by atoms with E-state index < -0.39 is 0 Å². The van der Waals surface area contributed by atoms with Crippen LogP contribution in [0.5, 0.6) is 0 Å². The van der Waals surface area contributed by atoms with E-state index in [1.807, 2.05) is 31.3 Å². The van der Waals surface area contributed by atoms with Crippen molar-refractivity contribution in [1.29, 1.82) is 0 Å². The second-order valence-corrected chi connectivity index (χ2v) is 2.64. The monoisotopic (exact) mass is 174 g/mol. The van der Waals surface area contributed by atoms with Crippen LogP contribution in [0.4, 0.5) is 5.69 Å². The summed E-state index contributed by atoms with van der Waals surface area (Å²) in [4.78, 5) is 3.88. The van der Waals surface area contributed by atoms with Gasteiger partial charge in [-0.15, -0.1) is 0 Å². The Morgan fingerprint density at radius 3 is 2.54 bits per heavy atom. The lowest BCUT2D eigenvalue weighted by atomic mass is 10.3. The third-order valence-electron chi connectivity index (χ3n) is 1.84. The van der Waals surface area contributed by atoms with Crippen molar-refractivity contribution in [3.05, 3.63) is 36.9 Å². The second kappa shape index (κ2) is 3.26. The number of benzene rings is 1. The Morgan fingerprint density at radius 2 is 2.00 bits per heavy atom. The minimum absolute atomic E-state index is 1.01. The number of hydrogen-bond donors (Lipinski definition) is 1. The first-order valence-corrected chi connectivity index (χ1v) is 4.03. The molecule has 2 rings (SSSR count). The maximum Gasteiger partial charge on any atom is 0.138 e. The van der Waals surface area contributed by atoms with Gasteiger partial charge in [0.25, 0.3) is 0 Å². The fourth-order valence-electron chi connectivity index (χ4n) is 1.12. The third kappa shape index (κ3) is 1.51. The molecular weight excluding hydrogens is 164 g/mol. The number of nitrogens with one attached hydrogen (secondary N) is 1. The largest absolute Gasteiger partial charge is 0.388 e. The quantitative estimate of drug-likeness (QED) is 0.746. The van der Waals surface area contributed by atoms with Crippen molar-refractivity contribution >= 4 is 5.69 Å². The SMILES string of the molecule is CNc1ccc(-n2cncn2)cc1. The standard InChI is InChI=1S/C9H10N4/c1-10-8-2-4-9(5-3-8)13-7-11-6-12-13/h2-7,10H,1H3. The van der Waals surface area contributed by atoms with Gasteiger partial charge in [0.2, 0.25) is 0 Å². The average Bonchev–Trinajstić information content (AvgIpc) is 2.71. The molecule has 0 fully saturated rings. The van der Waals surface area contributed by atoms with Crippen LogP contribution in [-0.2, 0) is 0 Å². The van der Waals surface area contributed by atoms with Gasteiger partial charge in [-0.25, -0.2) is 9.67 Å². The normalized spacial score (nSPS) is 9.92. The molecule has 0 bridgehead atoms. The summed E-state index contributed by atoms with van der Waals surface area (Å²) < 4.78 is 1.72. The molecule has 0 atom stereocenters. The Balaban J connectivity index is 2.33. The molecule has 4 nitrogen and oxygen atoms in total. The van der Waals surface area contributed by atoms with Gasteiger partial charge < -0.3 is 5.32 Å². The molecule has 1 aromatic heterocycles. The minimum Gasteiger partial charge on any atom is -0.388 e. The smallest absolute Gasteiger partial charge is 0.138 e. The zero-order valence-corrected chi connectivity index (χ0v) is 7.31. The molecule has 66 valence electrons. The van der Waals surface area contributed by atoms with E-state index in [1.165, 1.54) is 6.33 Å². The first-order chi connectivity index (χ1) is 6.40. The van der Waals surface area contributed by atoms with Gasteiger partial charge in [0.1, 0.15) is 12.7 Å². The molecule has 0 amide bonds. The van der Waals surface area contributed by atoms with Crippen molar-refractivity contribution in [1.82, 2.24) is 14.8 Å². The molecule has 0 radical (unpaired) electrons. The van der Waals surface area contributed by atoms with Crippen LogP contribution in [0.15, 0.2) is 36.9 Å². The van der Waals surface area contributed by atoms with E-state index in [2.05, 4.69) is 15.4 Å². The number of aromatic nitrogens is 3. The lowest BCUT2D eigenvalue weighted by Crippen LogP contribution is -1.94. The average molecular weight is 174 g/mol. The molecule has 13 heavy (non-hydrogen) atoms. The Morgan fingerprint density at radius 1 is 1.23 bits per heavy atom. The molecule has 1 heterocycles. The van der Waals surface area contributed by atoms with Crippen LogP contribution in [0.3, 0.4) is 0 Å². The summed E-state index contributed by atoms with van der Waals surface area (Å²) in [7, 11) is 1.89. The Hall–Kier alpha value is -1.84. The summed E-state index contributed by atoms with van der Waals surface area (Å²) in [5, 5.41) is 7.08. The van der Waals surface area contributed by atoms with Crippen molar-refractivity contribution in [2.45, 2.75) is 0 Å². The van der Waals surface area contributed by atoms with E-state index in [0.29, 0.717) is 0 Å². The van der Waals surface area contributed by atoms with E-state index in [-0.39, 0.29) is 0 Å². The summed E-state index contributed by atoms with van der Waals surface area (Å²) in [6.45, 7) is 0. The topological polar surface area (TPSA) is 42.7 Å². The highest BCUT2D eigenvalue weighted by Gasteiger charge is 1.95. The van der Waals surface area contributed by atoms with Crippen LogP contribution in [0.2, 0.25) is 0 Å². The van der Waals surface area contributed by atoms with Gasteiger partial charge in [-0.3, -0.25) is 0 Å². The van der Waals surface area contributed by atoms with E-state index in [9.17, 15) is 0 Å². The lowest BCUT2D eigenvalue weighted by Gasteiger charge is -2.02. The van der Waals surface area contributed by atoms with E-state index in [4.69, 9.17) is 0 Å². The van der Waals surface area contributed by atoms with E-state index in [0.717, 1.165) is 11.4 Å². The van der Waals surface area contributed by atoms with Crippen molar-refractivity contribution in [3.8, 4) is 5.69 Å². The Bertz CT molecular complexity index is 363. The van der Waals surface area contributed by atoms with Gasteiger partial charge in [-0.2, -0.15) is 5.10 Å². The summed E-state index contributed by atoms with van der Waals surface area (Å²) in [5.74, 6) is 0. The van der Waals surface area contributed by atoms with Gasteiger partial charge in [-0.05, 0) is 24.3 Å². The molecule has 0 unspecified atom stereocenters. The fraction of sp³-hybridized carbons (Fsp3) is 0.111. The molecule has 0 aliphatic carbocycles. The molecule has 0 aliphatic heterocycles. The van der Waals surface area contributed by atoms with Crippen molar-refractivity contribution in [2.75, 3.05) is 12.4 Å². The van der Waals surface area contributed by atoms with Crippen molar-refractivity contribution in [3.63, 3.8) is 0 Å². The van der Waals surface area contributed by atoms with Gasteiger partial charge in [0, 0.05) is 12.7 Å². The molecule has 1 aromatic carbocycles. The number of hydrogen-bond acceptors (Lipinski definition) is 3. The van der Waals surface area contributed by atoms with E-state index in [1.54, 1.807) is 11.0 Å². The van der Waals surface area contributed by atoms with Crippen LogP contribution < -0.4 is 5.32 Å². The molecular formula is C9H10N4. The first-order valence-electron chi connectivity index (χ1n) is 4.03. The molecule has 0 saturated carbocycles. The number of rotatable bonds is 2. The minimum atomic E-state index is 1.01. The summed E-state index contributed by atoms with van der Waals surface area (Å²) in [6.07, 6.45) is 3.19. The molecule has 0 spiro atoms. The summed E-state index contributed by atoms with van der Waals surface area (Å²) in [6, 6.07) is 7.97. The van der Waals surface area contributed by atoms with Gasteiger partial charge in [0.05, 0.1) is 5.69 Å². The maximum atomic E-state index is 4.03. The first kappa shape index (κ1) is 7.79. The van der Waals surface area contributed by atoms with Gasteiger partial charge >= 0.3 is 0 Å². The zero-order chi connectivity index (χ0) is 9.10. The number of nitrogens with zero attached hydrogens (tertiary/aromatic N) is 3. The van der Waals surface area contributed by atoms with Gasteiger partial charge in [0.15, 0.2) is 0 Å². The van der Waals surface area contributed by atoms with Crippen molar-refractivity contribution < 1.29 is 0 Å². The van der Waals surface area contributed by atoms with Crippen LogP contribution in [0.1, 0.15) is 0 Å². The Kier molecular flexibility index (Phi) is 1.96. The third-order valence-corrected chi connectivity index (χ3v) is 1.84. The zero-order valence-electron chi connectivity index (χ0n) is 7.31. The predicted molar refractivity (Wildman–Crippen MR) is 50.9 cm³/mol. The molecule has 1 N–H and O–H groups in total. The van der Waals surface area contributed by atoms with Gasteiger partial charge in [-0.1, -0.05) is 0 Å². The highest BCUT2D eigenvalue weighted by atomic mass is 15.3. The molecule has 4 heteroatoms. The highest BCUT2D eigenvalue weighted by Crippen LogP contribution is 2.10. The predicted octanol–water partition coefficient (Wildman–Crippen LogP) is 1.31. The van der Waals surface area contributed by atoms with Crippen LogP contribution in [-0.4, -0.2) is 21.8 Å². The molecule has 2 aromatic rings. The highest BCUT2D eigenvalue weighted by molar-refractivity contribution is 5.47. The second-order valence-electron chi connectivity index (χ2n) is 2.64. The summed E-state index contributed by atoms with van der Waals surface area (Å²) in [5.41, 5.74) is 2.10. The maximum absolute atomic E-state index is 4.03. The number of anilines is 1. The van der Waals surface area contributed by atoms with Crippen LogP contribution in [0.25, 0.3) is 5.69 Å². The van der Waals surface area contributed by atoms with Crippen LogP contribution >= 0.6 is 0 Å². The van der Waals surface area contributed by atoms with Crippen LogP contribution in [0, 0.1) is 0 Å². The Labute approximate surface area is 76.2 Å². The molecule has 0 aliphatic rings.